The largest absolute Gasteiger partial charge is 0.371 e. The number of hydrogen-bond acceptors (Lipinski definition) is 2. The standard InChI is InChI=1S/C13H18BrNO/c1-4-8-15(5-2)13-7-6-11(14)9-12(13)10(3)16/h6-7,9H,4-5,8H2,1-3H3. The topological polar surface area (TPSA) is 20.3 Å². The van der Waals surface area contributed by atoms with Crippen molar-refractivity contribution in [3.8, 4) is 0 Å². The molecule has 1 rings (SSSR count). The molecular formula is C13H18BrNO. The van der Waals surface area contributed by atoms with Crippen molar-refractivity contribution in [2.75, 3.05) is 18.0 Å². The van der Waals surface area contributed by atoms with E-state index in [1.54, 1.807) is 6.92 Å². The summed E-state index contributed by atoms with van der Waals surface area (Å²) in [5.74, 6) is 0.117. The van der Waals surface area contributed by atoms with Gasteiger partial charge in [-0.15, -0.1) is 0 Å². The molecule has 0 spiro atoms. The number of rotatable bonds is 5. The number of Topliss-reactive ketones (excluding diaryl/α,β-unsaturated/α-hetero) is 1. The van der Waals surface area contributed by atoms with Gasteiger partial charge in [0, 0.05) is 28.8 Å². The number of carbonyl (C=O) groups excluding carboxylic acids is 1. The van der Waals surface area contributed by atoms with E-state index < -0.39 is 0 Å². The average molecular weight is 284 g/mol. The zero-order valence-electron chi connectivity index (χ0n) is 10.1. The fraction of sp³-hybridized carbons (Fsp3) is 0.462. The number of nitrogens with zero attached hydrogens (tertiary/aromatic N) is 1. The van der Waals surface area contributed by atoms with Gasteiger partial charge < -0.3 is 4.90 Å². The Kier molecular flexibility index (Phi) is 5.00. The van der Waals surface area contributed by atoms with Gasteiger partial charge in [-0.2, -0.15) is 0 Å². The summed E-state index contributed by atoms with van der Waals surface area (Å²) in [6, 6.07) is 5.90. The van der Waals surface area contributed by atoms with Crippen LogP contribution in [0.2, 0.25) is 0 Å². The lowest BCUT2D eigenvalue weighted by atomic mass is 10.1. The second-order valence-electron chi connectivity index (χ2n) is 3.80. The van der Waals surface area contributed by atoms with E-state index in [0.29, 0.717) is 0 Å². The molecule has 0 unspecified atom stereocenters. The zero-order valence-corrected chi connectivity index (χ0v) is 11.7. The van der Waals surface area contributed by atoms with Crippen molar-refractivity contribution in [1.82, 2.24) is 0 Å². The van der Waals surface area contributed by atoms with Crippen molar-refractivity contribution in [3.05, 3.63) is 28.2 Å². The molecule has 3 heteroatoms. The van der Waals surface area contributed by atoms with Gasteiger partial charge in [-0.1, -0.05) is 22.9 Å². The van der Waals surface area contributed by atoms with E-state index >= 15 is 0 Å². The van der Waals surface area contributed by atoms with Crippen molar-refractivity contribution in [2.24, 2.45) is 0 Å². The first-order chi connectivity index (χ1) is 7.60. The van der Waals surface area contributed by atoms with Crippen LogP contribution >= 0.6 is 15.9 Å². The lowest BCUT2D eigenvalue weighted by Gasteiger charge is -2.24. The van der Waals surface area contributed by atoms with E-state index in [9.17, 15) is 4.79 Å². The van der Waals surface area contributed by atoms with Crippen LogP contribution in [0.5, 0.6) is 0 Å². The van der Waals surface area contributed by atoms with Crippen molar-refractivity contribution in [1.29, 1.82) is 0 Å². The number of carbonyl (C=O) groups is 1. The van der Waals surface area contributed by atoms with E-state index in [-0.39, 0.29) is 5.78 Å². The molecule has 1 aromatic rings. The summed E-state index contributed by atoms with van der Waals surface area (Å²) in [5.41, 5.74) is 1.84. The van der Waals surface area contributed by atoms with Crippen molar-refractivity contribution >= 4 is 27.4 Å². The van der Waals surface area contributed by atoms with Crippen LogP contribution in [-0.4, -0.2) is 18.9 Å². The predicted molar refractivity (Wildman–Crippen MR) is 72.3 cm³/mol. The maximum absolute atomic E-state index is 11.6. The van der Waals surface area contributed by atoms with Crippen molar-refractivity contribution in [3.63, 3.8) is 0 Å². The van der Waals surface area contributed by atoms with E-state index in [0.717, 1.165) is 35.2 Å². The first-order valence-corrected chi connectivity index (χ1v) is 6.44. The molecule has 0 radical (unpaired) electrons. The Bertz CT molecular complexity index is 376. The summed E-state index contributed by atoms with van der Waals surface area (Å²) >= 11 is 3.40. The summed E-state index contributed by atoms with van der Waals surface area (Å²) in [6.07, 6.45) is 1.08. The molecule has 0 amide bonds. The number of benzene rings is 1. The molecule has 0 fully saturated rings. The molecule has 0 bridgehead atoms. The minimum Gasteiger partial charge on any atom is -0.371 e. The van der Waals surface area contributed by atoms with E-state index in [2.05, 4.69) is 34.7 Å². The molecule has 88 valence electrons. The van der Waals surface area contributed by atoms with Gasteiger partial charge in [0.05, 0.1) is 0 Å². The fourth-order valence-electron chi connectivity index (χ4n) is 1.78. The van der Waals surface area contributed by atoms with E-state index in [1.807, 2.05) is 18.2 Å². The molecule has 0 heterocycles. The first-order valence-electron chi connectivity index (χ1n) is 5.65. The minimum absolute atomic E-state index is 0.117. The molecule has 2 nitrogen and oxygen atoms in total. The van der Waals surface area contributed by atoms with Crippen LogP contribution in [0.4, 0.5) is 5.69 Å². The molecule has 0 aliphatic heterocycles. The van der Waals surface area contributed by atoms with Crippen molar-refractivity contribution in [2.45, 2.75) is 27.2 Å². The second kappa shape index (κ2) is 6.04. The molecule has 0 saturated heterocycles. The third kappa shape index (κ3) is 3.08. The Morgan fingerprint density at radius 2 is 2.06 bits per heavy atom. The van der Waals surface area contributed by atoms with Crippen LogP contribution in [0.1, 0.15) is 37.6 Å². The highest BCUT2D eigenvalue weighted by atomic mass is 79.9. The fourth-order valence-corrected chi connectivity index (χ4v) is 2.15. The highest BCUT2D eigenvalue weighted by Gasteiger charge is 2.12. The molecule has 16 heavy (non-hydrogen) atoms. The van der Waals surface area contributed by atoms with Crippen LogP contribution in [0, 0.1) is 0 Å². The summed E-state index contributed by atoms with van der Waals surface area (Å²) < 4.78 is 0.953. The second-order valence-corrected chi connectivity index (χ2v) is 4.71. The Morgan fingerprint density at radius 3 is 2.56 bits per heavy atom. The van der Waals surface area contributed by atoms with Crippen LogP contribution in [0.15, 0.2) is 22.7 Å². The molecule has 0 aliphatic rings. The smallest absolute Gasteiger partial charge is 0.161 e. The van der Waals surface area contributed by atoms with Crippen molar-refractivity contribution < 1.29 is 4.79 Å². The number of hydrogen-bond donors (Lipinski definition) is 0. The Morgan fingerprint density at radius 1 is 1.38 bits per heavy atom. The monoisotopic (exact) mass is 283 g/mol. The average Bonchev–Trinajstić information content (AvgIpc) is 2.26. The number of ketones is 1. The van der Waals surface area contributed by atoms with Gasteiger partial charge in [0.25, 0.3) is 0 Å². The van der Waals surface area contributed by atoms with Gasteiger partial charge in [0.2, 0.25) is 0 Å². The zero-order chi connectivity index (χ0) is 12.1. The molecule has 0 saturated carbocycles. The summed E-state index contributed by atoms with van der Waals surface area (Å²) in [4.78, 5) is 13.8. The maximum Gasteiger partial charge on any atom is 0.161 e. The molecule has 0 N–H and O–H groups in total. The minimum atomic E-state index is 0.117. The summed E-state index contributed by atoms with van der Waals surface area (Å²) in [7, 11) is 0. The Hall–Kier alpha value is -0.830. The van der Waals surface area contributed by atoms with Crippen LogP contribution in [0.25, 0.3) is 0 Å². The van der Waals surface area contributed by atoms with Gasteiger partial charge in [-0.25, -0.2) is 0 Å². The van der Waals surface area contributed by atoms with Crippen LogP contribution in [-0.2, 0) is 0 Å². The summed E-state index contributed by atoms with van der Waals surface area (Å²) in [5, 5.41) is 0. The molecule has 1 aromatic carbocycles. The van der Waals surface area contributed by atoms with E-state index in [4.69, 9.17) is 0 Å². The normalized spacial score (nSPS) is 10.2. The molecule has 0 aromatic heterocycles. The lowest BCUT2D eigenvalue weighted by molar-refractivity contribution is 0.101. The van der Waals surface area contributed by atoms with Gasteiger partial charge >= 0.3 is 0 Å². The first kappa shape index (κ1) is 13.2. The van der Waals surface area contributed by atoms with Crippen LogP contribution in [0.3, 0.4) is 0 Å². The van der Waals surface area contributed by atoms with E-state index in [1.165, 1.54) is 0 Å². The molecule has 0 aliphatic carbocycles. The SMILES string of the molecule is CCCN(CC)c1ccc(Br)cc1C(C)=O. The molecular weight excluding hydrogens is 266 g/mol. The molecule has 0 atom stereocenters. The van der Waals surface area contributed by atoms with Gasteiger partial charge in [-0.05, 0) is 38.5 Å². The highest BCUT2D eigenvalue weighted by Crippen LogP contribution is 2.25. The number of anilines is 1. The highest BCUT2D eigenvalue weighted by molar-refractivity contribution is 9.10. The lowest BCUT2D eigenvalue weighted by Crippen LogP contribution is -2.25. The third-order valence-electron chi connectivity index (χ3n) is 2.55. The van der Waals surface area contributed by atoms with Gasteiger partial charge in [-0.3, -0.25) is 4.79 Å². The van der Waals surface area contributed by atoms with Gasteiger partial charge in [0.15, 0.2) is 5.78 Å². The Labute approximate surface area is 106 Å². The number of halogens is 1. The Balaban J connectivity index is 3.14. The predicted octanol–water partition coefficient (Wildman–Crippen LogP) is 3.89. The van der Waals surface area contributed by atoms with Crippen LogP contribution < -0.4 is 4.90 Å². The quantitative estimate of drug-likeness (QED) is 0.765. The third-order valence-corrected chi connectivity index (χ3v) is 3.05. The maximum atomic E-state index is 11.6. The van der Waals surface area contributed by atoms with Gasteiger partial charge in [0.1, 0.15) is 0 Å². The summed E-state index contributed by atoms with van der Waals surface area (Å²) in [6.45, 7) is 7.79.